The molecule has 0 fully saturated rings. The van der Waals surface area contributed by atoms with Crippen molar-refractivity contribution in [2.75, 3.05) is 6.54 Å². The molecule has 1 heterocycles. The monoisotopic (exact) mass is 366 g/mol. The molecular formula is C18H23ClN2O4. The number of aliphatic hydroxyl groups is 2. The van der Waals surface area contributed by atoms with Crippen LogP contribution in [0, 0.1) is 0 Å². The number of hydrogen-bond acceptors (Lipinski definition) is 5. The molecule has 7 heteroatoms. The average molecular weight is 367 g/mol. The van der Waals surface area contributed by atoms with Gasteiger partial charge in [-0.1, -0.05) is 23.7 Å². The zero-order valence-electron chi connectivity index (χ0n) is 14.5. The normalized spacial score (nSPS) is 14.2. The molecule has 6 nitrogen and oxygen atoms in total. The first-order chi connectivity index (χ1) is 11.7. The molecule has 2 aromatic rings. The summed E-state index contributed by atoms with van der Waals surface area (Å²) >= 11 is 6.09. The second-order valence-corrected chi connectivity index (χ2v) is 7.21. The van der Waals surface area contributed by atoms with Crippen molar-refractivity contribution >= 4 is 28.6 Å². The van der Waals surface area contributed by atoms with Gasteiger partial charge >= 0.3 is 6.09 Å². The van der Waals surface area contributed by atoms with Crippen molar-refractivity contribution < 1.29 is 19.7 Å². The highest BCUT2D eigenvalue weighted by Crippen LogP contribution is 2.26. The zero-order valence-corrected chi connectivity index (χ0v) is 15.2. The van der Waals surface area contributed by atoms with Crippen LogP contribution in [0.25, 0.3) is 10.9 Å². The van der Waals surface area contributed by atoms with E-state index in [0.29, 0.717) is 16.1 Å². The first kappa shape index (κ1) is 19.4. The molecule has 0 bridgehead atoms. The molecule has 2 atom stereocenters. The Labute approximate surface area is 151 Å². The van der Waals surface area contributed by atoms with E-state index in [2.05, 4.69) is 10.3 Å². The maximum absolute atomic E-state index is 11.6. The number of ether oxygens (including phenoxy) is 1. The molecule has 1 aromatic heterocycles. The van der Waals surface area contributed by atoms with Crippen molar-refractivity contribution in [1.29, 1.82) is 0 Å². The predicted octanol–water partition coefficient (Wildman–Crippen LogP) is 3.20. The van der Waals surface area contributed by atoms with Crippen molar-refractivity contribution in [1.82, 2.24) is 10.3 Å². The zero-order chi connectivity index (χ0) is 18.6. The van der Waals surface area contributed by atoms with Gasteiger partial charge in [-0.25, -0.2) is 4.79 Å². The topological polar surface area (TPSA) is 91.7 Å². The van der Waals surface area contributed by atoms with E-state index in [0.717, 1.165) is 5.39 Å². The van der Waals surface area contributed by atoms with E-state index in [-0.39, 0.29) is 13.0 Å². The van der Waals surface area contributed by atoms with E-state index in [9.17, 15) is 15.0 Å². The molecule has 2 unspecified atom stereocenters. The Morgan fingerprint density at radius 1 is 1.32 bits per heavy atom. The Morgan fingerprint density at radius 2 is 2.04 bits per heavy atom. The van der Waals surface area contributed by atoms with Gasteiger partial charge in [0.2, 0.25) is 0 Å². The van der Waals surface area contributed by atoms with Gasteiger partial charge in [-0.15, -0.1) is 0 Å². The van der Waals surface area contributed by atoms with E-state index >= 15 is 0 Å². The molecule has 25 heavy (non-hydrogen) atoms. The Hall–Kier alpha value is -1.89. The number of hydrogen-bond donors (Lipinski definition) is 3. The molecule has 0 aliphatic rings. The summed E-state index contributed by atoms with van der Waals surface area (Å²) in [4.78, 5) is 15.8. The summed E-state index contributed by atoms with van der Waals surface area (Å²) in [6.45, 7) is 5.49. The number of rotatable bonds is 5. The summed E-state index contributed by atoms with van der Waals surface area (Å²) in [6, 6.07) is 6.84. The molecule has 0 aliphatic carbocycles. The molecule has 0 saturated heterocycles. The molecule has 2 rings (SSSR count). The molecule has 0 aliphatic heterocycles. The van der Waals surface area contributed by atoms with Crippen LogP contribution in [0.4, 0.5) is 4.79 Å². The van der Waals surface area contributed by atoms with Gasteiger partial charge in [0.15, 0.2) is 0 Å². The van der Waals surface area contributed by atoms with Gasteiger partial charge in [-0.2, -0.15) is 0 Å². The Morgan fingerprint density at radius 3 is 2.72 bits per heavy atom. The number of alkyl carbamates (subject to hydrolysis) is 1. The van der Waals surface area contributed by atoms with Crippen molar-refractivity contribution in [3.05, 3.63) is 41.0 Å². The number of nitrogens with one attached hydrogen (secondary N) is 1. The third-order valence-corrected chi connectivity index (χ3v) is 3.86. The highest BCUT2D eigenvalue weighted by molar-refractivity contribution is 6.35. The maximum atomic E-state index is 11.6. The van der Waals surface area contributed by atoms with Crippen LogP contribution in [0.15, 0.2) is 30.5 Å². The third-order valence-electron chi connectivity index (χ3n) is 3.53. The summed E-state index contributed by atoms with van der Waals surface area (Å²) in [6.07, 6.45) is -0.917. The molecular weight excluding hydrogens is 344 g/mol. The lowest BCUT2D eigenvalue weighted by Crippen LogP contribution is -2.34. The lowest BCUT2D eigenvalue weighted by Gasteiger charge is -2.21. The maximum Gasteiger partial charge on any atom is 0.407 e. The third kappa shape index (κ3) is 5.56. The Kier molecular flexibility index (Phi) is 6.21. The number of benzene rings is 1. The van der Waals surface area contributed by atoms with Gasteiger partial charge < -0.3 is 20.3 Å². The quantitative estimate of drug-likeness (QED) is 0.755. The fraction of sp³-hybridized carbons (Fsp3) is 0.444. The molecule has 0 radical (unpaired) electrons. The van der Waals surface area contributed by atoms with Crippen LogP contribution in [0.2, 0.25) is 5.02 Å². The minimum atomic E-state index is -1.09. The summed E-state index contributed by atoms with van der Waals surface area (Å²) in [5.41, 5.74) is 0.594. The Balaban J connectivity index is 1.93. The van der Waals surface area contributed by atoms with Crippen LogP contribution in [0.1, 0.15) is 38.9 Å². The van der Waals surface area contributed by atoms with Crippen LogP contribution in [0.5, 0.6) is 0 Å². The SMILES string of the molecule is CC(C)(C)OC(=O)NCCC(O)C(O)c1ccc2c(Cl)ccnc2c1. The van der Waals surface area contributed by atoms with Gasteiger partial charge in [0, 0.05) is 18.1 Å². The van der Waals surface area contributed by atoms with E-state index in [1.54, 1.807) is 51.2 Å². The number of carbonyl (C=O) groups is 1. The largest absolute Gasteiger partial charge is 0.444 e. The number of amides is 1. The molecule has 1 aromatic carbocycles. The van der Waals surface area contributed by atoms with Crippen molar-refractivity contribution in [2.45, 2.75) is 45.0 Å². The number of fused-ring (bicyclic) bond motifs is 1. The summed E-state index contributed by atoms with van der Waals surface area (Å²) in [5, 5.41) is 24.4. The molecule has 0 saturated carbocycles. The first-order valence-electron chi connectivity index (χ1n) is 8.04. The van der Waals surface area contributed by atoms with Crippen LogP contribution >= 0.6 is 11.6 Å². The molecule has 1 amide bonds. The highest BCUT2D eigenvalue weighted by atomic mass is 35.5. The fourth-order valence-electron chi connectivity index (χ4n) is 2.33. The van der Waals surface area contributed by atoms with Gasteiger partial charge in [-0.3, -0.25) is 4.98 Å². The summed E-state index contributed by atoms with van der Waals surface area (Å²) < 4.78 is 5.11. The van der Waals surface area contributed by atoms with E-state index in [4.69, 9.17) is 16.3 Å². The molecule has 0 spiro atoms. The van der Waals surface area contributed by atoms with Crippen LogP contribution in [-0.4, -0.2) is 39.5 Å². The average Bonchev–Trinajstić information content (AvgIpc) is 2.52. The second-order valence-electron chi connectivity index (χ2n) is 6.80. The minimum absolute atomic E-state index is 0.182. The van der Waals surface area contributed by atoms with Crippen molar-refractivity contribution in [2.24, 2.45) is 0 Å². The number of carbonyl (C=O) groups excluding carboxylic acids is 1. The lowest BCUT2D eigenvalue weighted by atomic mass is 10.0. The number of nitrogens with zero attached hydrogens (tertiary/aromatic N) is 1. The van der Waals surface area contributed by atoms with Gasteiger partial charge in [0.1, 0.15) is 11.7 Å². The Bertz CT molecular complexity index is 745. The first-order valence-corrected chi connectivity index (χ1v) is 8.42. The number of halogens is 1. The van der Waals surface area contributed by atoms with E-state index in [1.165, 1.54) is 0 Å². The predicted molar refractivity (Wildman–Crippen MR) is 96.6 cm³/mol. The van der Waals surface area contributed by atoms with Crippen molar-refractivity contribution in [3.63, 3.8) is 0 Å². The van der Waals surface area contributed by atoms with Crippen LogP contribution < -0.4 is 5.32 Å². The van der Waals surface area contributed by atoms with Gasteiger partial charge in [0.05, 0.1) is 16.6 Å². The fourth-order valence-corrected chi connectivity index (χ4v) is 2.55. The van der Waals surface area contributed by atoms with Gasteiger partial charge in [-0.05, 0) is 44.9 Å². The van der Waals surface area contributed by atoms with Gasteiger partial charge in [0.25, 0.3) is 0 Å². The minimum Gasteiger partial charge on any atom is -0.444 e. The standard InChI is InChI=1S/C18H23ClN2O4/c1-18(2,3)25-17(24)21-9-7-15(22)16(23)11-4-5-12-13(19)6-8-20-14(12)10-11/h4-6,8,10,15-16,22-23H,7,9H2,1-3H3,(H,21,24). The van der Waals surface area contributed by atoms with E-state index < -0.39 is 23.9 Å². The second kappa shape index (κ2) is 7.99. The molecule has 3 N–H and O–H groups in total. The van der Waals surface area contributed by atoms with Crippen LogP contribution in [-0.2, 0) is 4.74 Å². The van der Waals surface area contributed by atoms with Crippen LogP contribution in [0.3, 0.4) is 0 Å². The number of pyridine rings is 1. The lowest BCUT2D eigenvalue weighted by molar-refractivity contribution is 0.0124. The number of aliphatic hydroxyl groups excluding tert-OH is 2. The highest BCUT2D eigenvalue weighted by Gasteiger charge is 2.20. The molecule has 136 valence electrons. The smallest absolute Gasteiger partial charge is 0.407 e. The van der Waals surface area contributed by atoms with E-state index in [1.807, 2.05) is 0 Å². The summed E-state index contributed by atoms with van der Waals surface area (Å²) in [7, 11) is 0. The van der Waals surface area contributed by atoms with Crippen molar-refractivity contribution in [3.8, 4) is 0 Å². The summed E-state index contributed by atoms with van der Waals surface area (Å²) in [5.74, 6) is 0. The number of aromatic nitrogens is 1.